The molecule has 0 aliphatic carbocycles. The van der Waals surface area contributed by atoms with E-state index in [0.29, 0.717) is 5.95 Å². The molecule has 1 fully saturated rings. The van der Waals surface area contributed by atoms with Gasteiger partial charge in [0.1, 0.15) is 11.6 Å². The third kappa shape index (κ3) is 3.90. The summed E-state index contributed by atoms with van der Waals surface area (Å²) >= 11 is 0. The molecule has 122 valence electrons. The van der Waals surface area contributed by atoms with Crippen LogP contribution in [0.25, 0.3) is 0 Å². The lowest BCUT2D eigenvalue weighted by atomic mass is 10.2. The SMILES string of the molecule is Cc1cc(Nc2ncc(C)c(NCC3CCCO3)n2)ccc1O. The number of nitrogens with one attached hydrogen (secondary N) is 2. The molecule has 1 aliphatic heterocycles. The van der Waals surface area contributed by atoms with Crippen molar-refractivity contribution in [2.45, 2.75) is 32.8 Å². The minimum absolute atomic E-state index is 0.264. The minimum Gasteiger partial charge on any atom is -0.508 e. The summed E-state index contributed by atoms with van der Waals surface area (Å²) in [6.07, 6.45) is 4.28. The van der Waals surface area contributed by atoms with E-state index in [1.165, 1.54) is 0 Å². The first-order valence-corrected chi connectivity index (χ1v) is 7.87. The van der Waals surface area contributed by atoms with E-state index in [0.717, 1.165) is 48.6 Å². The van der Waals surface area contributed by atoms with Gasteiger partial charge in [0.05, 0.1) is 6.10 Å². The van der Waals surface area contributed by atoms with Gasteiger partial charge in [-0.1, -0.05) is 0 Å². The molecule has 0 saturated carbocycles. The number of aryl methyl sites for hydroxylation is 2. The zero-order valence-electron chi connectivity index (χ0n) is 13.5. The highest BCUT2D eigenvalue weighted by atomic mass is 16.5. The first-order valence-electron chi connectivity index (χ1n) is 7.87. The third-order valence-corrected chi connectivity index (χ3v) is 3.95. The van der Waals surface area contributed by atoms with Crippen molar-refractivity contribution in [1.82, 2.24) is 9.97 Å². The number of rotatable bonds is 5. The van der Waals surface area contributed by atoms with Crippen molar-refractivity contribution in [3.63, 3.8) is 0 Å². The lowest BCUT2D eigenvalue weighted by Crippen LogP contribution is -2.19. The summed E-state index contributed by atoms with van der Waals surface area (Å²) in [7, 11) is 0. The van der Waals surface area contributed by atoms with Crippen molar-refractivity contribution in [3.05, 3.63) is 35.5 Å². The number of aromatic hydroxyl groups is 1. The third-order valence-electron chi connectivity index (χ3n) is 3.95. The number of phenols is 1. The van der Waals surface area contributed by atoms with Crippen molar-refractivity contribution in [2.75, 3.05) is 23.8 Å². The molecule has 1 saturated heterocycles. The molecule has 0 spiro atoms. The first kappa shape index (κ1) is 15.6. The van der Waals surface area contributed by atoms with Crippen LogP contribution in [0.1, 0.15) is 24.0 Å². The highest BCUT2D eigenvalue weighted by molar-refractivity contribution is 5.58. The Labute approximate surface area is 135 Å². The maximum Gasteiger partial charge on any atom is 0.229 e. The van der Waals surface area contributed by atoms with Crippen LogP contribution in [0.5, 0.6) is 5.75 Å². The van der Waals surface area contributed by atoms with Crippen molar-refractivity contribution in [3.8, 4) is 5.75 Å². The lowest BCUT2D eigenvalue weighted by Gasteiger charge is -2.14. The summed E-state index contributed by atoms with van der Waals surface area (Å²) in [4.78, 5) is 8.84. The Bertz CT molecular complexity index is 684. The molecule has 1 unspecified atom stereocenters. The van der Waals surface area contributed by atoms with E-state index in [4.69, 9.17) is 4.74 Å². The van der Waals surface area contributed by atoms with E-state index < -0.39 is 0 Å². The molecule has 1 aromatic heterocycles. The van der Waals surface area contributed by atoms with Gasteiger partial charge in [-0.15, -0.1) is 0 Å². The molecule has 3 rings (SSSR count). The quantitative estimate of drug-likeness (QED) is 0.736. The monoisotopic (exact) mass is 314 g/mol. The topological polar surface area (TPSA) is 79.3 Å². The molecule has 2 heterocycles. The van der Waals surface area contributed by atoms with Gasteiger partial charge in [0.2, 0.25) is 5.95 Å². The van der Waals surface area contributed by atoms with Crippen LogP contribution in [0.2, 0.25) is 0 Å². The lowest BCUT2D eigenvalue weighted by molar-refractivity contribution is 0.120. The Morgan fingerprint density at radius 2 is 2.17 bits per heavy atom. The van der Waals surface area contributed by atoms with Crippen molar-refractivity contribution >= 4 is 17.5 Å². The van der Waals surface area contributed by atoms with E-state index in [-0.39, 0.29) is 11.9 Å². The zero-order chi connectivity index (χ0) is 16.2. The predicted octanol–water partition coefficient (Wildman–Crippen LogP) is 3.13. The highest BCUT2D eigenvalue weighted by Gasteiger charge is 2.15. The van der Waals surface area contributed by atoms with Crippen molar-refractivity contribution in [2.24, 2.45) is 0 Å². The summed E-state index contributed by atoms with van der Waals surface area (Å²) in [6, 6.07) is 5.31. The van der Waals surface area contributed by atoms with Gasteiger partial charge in [0, 0.05) is 30.6 Å². The largest absolute Gasteiger partial charge is 0.508 e. The Hall–Kier alpha value is -2.34. The Kier molecular flexibility index (Phi) is 4.62. The number of nitrogens with zero attached hydrogens (tertiary/aromatic N) is 2. The molecular formula is C17H22N4O2. The van der Waals surface area contributed by atoms with E-state index in [1.54, 1.807) is 18.3 Å². The van der Waals surface area contributed by atoms with Crippen LogP contribution in [0, 0.1) is 13.8 Å². The number of benzene rings is 1. The standard InChI is InChI=1S/C17H22N4O2/c1-11-8-13(5-6-15(11)22)20-17-19-9-12(2)16(21-17)18-10-14-4-3-7-23-14/h5-6,8-9,14,22H,3-4,7,10H2,1-2H3,(H2,18,19,20,21). The van der Waals surface area contributed by atoms with Crippen LogP contribution in [-0.4, -0.2) is 34.3 Å². The Morgan fingerprint density at radius 1 is 1.30 bits per heavy atom. The summed E-state index contributed by atoms with van der Waals surface area (Å²) in [6.45, 7) is 5.44. The van der Waals surface area contributed by atoms with Crippen LogP contribution in [-0.2, 0) is 4.74 Å². The fraction of sp³-hybridized carbons (Fsp3) is 0.412. The van der Waals surface area contributed by atoms with E-state index in [9.17, 15) is 5.11 Å². The number of phenolic OH excluding ortho intramolecular Hbond substituents is 1. The Balaban J connectivity index is 1.69. The molecule has 0 bridgehead atoms. The maximum atomic E-state index is 9.58. The second-order valence-electron chi connectivity index (χ2n) is 5.87. The minimum atomic E-state index is 0.264. The number of hydrogen-bond acceptors (Lipinski definition) is 6. The van der Waals surface area contributed by atoms with Crippen LogP contribution in [0.4, 0.5) is 17.5 Å². The van der Waals surface area contributed by atoms with Crippen LogP contribution in [0.3, 0.4) is 0 Å². The molecule has 6 heteroatoms. The Morgan fingerprint density at radius 3 is 2.91 bits per heavy atom. The molecule has 0 radical (unpaired) electrons. The van der Waals surface area contributed by atoms with E-state index in [1.807, 2.05) is 19.9 Å². The molecule has 1 aliphatic rings. The van der Waals surface area contributed by atoms with Gasteiger partial charge in [0.25, 0.3) is 0 Å². The van der Waals surface area contributed by atoms with Gasteiger partial charge < -0.3 is 20.5 Å². The fourth-order valence-corrected chi connectivity index (χ4v) is 2.56. The maximum absolute atomic E-state index is 9.58. The molecule has 1 atom stereocenters. The first-order chi connectivity index (χ1) is 11.1. The smallest absolute Gasteiger partial charge is 0.229 e. The zero-order valence-corrected chi connectivity index (χ0v) is 13.5. The van der Waals surface area contributed by atoms with Crippen LogP contribution in [0.15, 0.2) is 24.4 Å². The van der Waals surface area contributed by atoms with Gasteiger partial charge in [-0.2, -0.15) is 4.98 Å². The molecule has 0 amide bonds. The number of ether oxygens (including phenoxy) is 1. The number of anilines is 3. The average Bonchev–Trinajstić information content (AvgIpc) is 3.05. The van der Waals surface area contributed by atoms with Gasteiger partial charge in [-0.05, 0) is 50.5 Å². The molecule has 23 heavy (non-hydrogen) atoms. The van der Waals surface area contributed by atoms with Crippen LogP contribution < -0.4 is 10.6 Å². The summed E-state index contributed by atoms with van der Waals surface area (Å²) in [5.74, 6) is 1.61. The molecule has 3 N–H and O–H groups in total. The van der Waals surface area contributed by atoms with Gasteiger partial charge in [-0.3, -0.25) is 0 Å². The molecule has 6 nitrogen and oxygen atoms in total. The van der Waals surface area contributed by atoms with Crippen molar-refractivity contribution < 1.29 is 9.84 Å². The number of hydrogen-bond donors (Lipinski definition) is 3. The van der Waals surface area contributed by atoms with Gasteiger partial charge >= 0.3 is 0 Å². The molecular weight excluding hydrogens is 292 g/mol. The summed E-state index contributed by atoms with van der Waals surface area (Å²) < 4.78 is 5.62. The molecule has 1 aromatic carbocycles. The second-order valence-corrected chi connectivity index (χ2v) is 5.87. The fourth-order valence-electron chi connectivity index (χ4n) is 2.56. The normalized spacial score (nSPS) is 17.2. The van der Waals surface area contributed by atoms with Gasteiger partial charge in [0.15, 0.2) is 0 Å². The average molecular weight is 314 g/mol. The molecule has 2 aromatic rings. The highest BCUT2D eigenvalue weighted by Crippen LogP contribution is 2.23. The number of aromatic nitrogens is 2. The predicted molar refractivity (Wildman–Crippen MR) is 90.4 cm³/mol. The second kappa shape index (κ2) is 6.83. The van der Waals surface area contributed by atoms with E-state index in [2.05, 4.69) is 20.6 Å². The summed E-state index contributed by atoms with van der Waals surface area (Å²) in [5.41, 5.74) is 2.64. The summed E-state index contributed by atoms with van der Waals surface area (Å²) in [5, 5.41) is 16.1. The van der Waals surface area contributed by atoms with Crippen molar-refractivity contribution in [1.29, 1.82) is 0 Å². The van der Waals surface area contributed by atoms with Gasteiger partial charge in [-0.25, -0.2) is 4.98 Å². The van der Waals surface area contributed by atoms with Crippen LogP contribution >= 0.6 is 0 Å². The van der Waals surface area contributed by atoms with E-state index >= 15 is 0 Å².